The highest BCUT2D eigenvalue weighted by Crippen LogP contribution is 2.16. The minimum absolute atomic E-state index is 0.205. The molecular formula is C20H26FN3O3. The number of benzene rings is 1. The average Bonchev–Trinajstić information content (AvgIpc) is 3.37. The Morgan fingerprint density at radius 1 is 1.33 bits per heavy atom. The van der Waals surface area contributed by atoms with Crippen molar-refractivity contribution in [2.75, 3.05) is 26.8 Å². The molecule has 1 aromatic heterocycles. The first kappa shape index (κ1) is 19.2. The summed E-state index contributed by atoms with van der Waals surface area (Å²) in [5.74, 6) is 1.73. The minimum atomic E-state index is -0.334. The zero-order valence-electron chi connectivity index (χ0n) is 15.5. The van der Waals surface area contributed by atoms with E-state index in [4.69, 9.17) is 13.9 Å². The minimum Gasteiger partial charge on any atom is -0.497 e. The smallest absolute Gasteiger partial charge is 0.191 e. The van der Waals surface area contributed by atoms with Gasteiger partial charge in [-0.15, -0.1) is 0 Å². The van der Waals surface area contributed by atoms with Crippen LogP contribution in [0.1, 0.15) is 24.2 Å². The number of hydrogen-bond acceptors (Lipinski definition) is 4. The highest BCUT2D eigenvalue weighted by molar-refractivity contribution is 5.79. The van der Waals surface area contributed by atoms with Crippen LogP contribution in [-0.2, 0) is 17.7 Å². The van der Waals surface area contributed by atoms with Gasteiger partial charge in [0.2, 0.25) is 0 Å². The summed E-state index contributed by atoms with van der Waals surface area (Å²) in [6, 6.07) is 8.42. The van der Waals surface area contributed by atoms with E-state index in [9.17, 15) is 4.39 Å². The molecule has 2 aromatic rings. The molecule has 2 N–H and O–H groups in total. The Balaban J connectivity index is 1.59. The summed E-state index contributed by atoms with van der Waals surface area (Å²) < 4.78 is 29.8. The number of aliphatic imine (C=N–C) groups is 1. The predicted octanol–water partition coefficient (Wildman–Crippen LogP) is 2.88. The summed E-state index contributed by atoms with van der Waals surface area (Å²) in [4.78, 5) is 4.58. The zero-order chi connectivity index (χ0) is 18.9. The van der Waals surface area contributed by atoms with Crippen molar-refractivity contribution in [2.45, 2.75) is 31.9 Å². The number of rotatable bonds is 8. The van der Waals surface area contributed by atoms with Gasteiger partial charge in [0.05, 0.1) is 26.0 Å². The Morgan fingerprint density at radius 2 is 2.26 bits per heavy atom. The predicted molar refractivity (Wildman–Crippen MR) is 101 cm³/mol. The van der Waals surface area contributed by atoms with Crippen molar-refractivity contribution in [1.82, 2.24) is 10.6 Å². The van der Waals surface area contributed by atoms with Gasteiger partial charge < -0.3 is 24.5 Å². The number of furan rings is 1. The first-order valence-electron chi connectivity index (χ1n) is 9.22. The normalized spacial score (nSPS) is 17.1. The third-order valence-electron chi connectivity index (χ3n) is 4.35. The van der Waals surface area contributed by atoms with Crippen LogP contribution in [-0.4, -0.2) is 38.9 Å². The molecule has 1 unspecified atom stereocenters. The van der Waals surface area contributed by atoms with E-state index >= 15 is 0 Å². The third-order valence-corrected chi connectivity index (χ3v) is 4.35. The van der Waals surface area contributed by atoms with E-state index in [-0.39, 0.29) is 11.9 Å². The van der Waals surface area contributed by atoms with E-state index in [1.165, 1.54) is 19.2 Å². The van der Waals surface area contributed by atoms with Crippen molar-refractivity contribution in [3.63, 3.8) is 0 Å². The van der Waals surface area contributed by atoms with Crippen LogP contribution in [0.25, 0.3) is 0 Å². The van der Waals surface area contributed by atoms with Crippen molar-refractivity contribution in [3.05, 3.63) is 53.7 Å². The molecule has 1 aliphatic heterocycles. The number of halogens is 1. The van der Waals surface area contributed by atoms with Crippen molar-refractivity contribution < 1.29 is 18.3 Å². The van der Waals surface area contributed by atoms with E-state index in [0.717, 1.165) is 37.2 Å². The highest BCUT2D eigenvalue weighted by Gasteiger charge is 2.15. The number of guanidine groups is 1. The number of methoxy groups -OCH3 is 1. The SMILES string of the molecule is COc1cc(F)cc(CN=C(NCCc2ccco2)NCC2CCCO2)c1. The molecule has 1 saturated heterocycles. The van der Waals surface area contributed by atoms with Gasteiger partial charge in [0.15, 0.2) is 5.96 Å². The summed E-state index contributed by atoms with van der Waals surface area (Å²) in [6.07, 6.45) is 4.76. The Morgan fingerprint density at radius 3 is 3.00 bits per heavy atom. The van der Waals surface area contributed by atoms with Crippen LogP contribution in [0.4, 0.5) is 4.39 Å². The van der Waals surface area contributed by atoms with Gasteiger partial charge in [0.1, 0.15) is 17.3 Å². The molecule has 27 heavy (non-hydrogen) atoms. The largest absolute Gasteiger partial charge is 0.497 e. The van der Waals surface area contributed by atoms with Gasteiger partial charge >= 0.3 is 0 Å². The fourth-order valence-electron chi connectivity index (χ4n) is 2.95. The average molecular weight is 375 g/mol. The maximum absolute atomic E-state index is 13.7. The monoisotopic (exact) mass is 375 g/mol. The molecule has 7 heteroatoms. The summed E-state index contributed by atoms with van der Waals surface area (Å²) in [7, 11) is 1.52. The van der Waals surface area contributed by atoms with Crippen LogP contribution in [0, 0.1) is 5.82 Å². The lowest BCUT2D eigenvalue weighted by Gasteiger charge is -2.15. The lowest BCUT2D eigenvalue weighted by molar-refractivity contribution is 0.114. The first-order valence-corrected chi connectivity index (χ1v) is 9.22. The molecular weight excluding hydrogens is 349 g/mol. The molecule has 0 aliphatic carbocycles. The Kier molecular flexibility index (Phi) is 7.10. The van der Waals surface area contributed by atoms with Gasteiger partial charge in [0, 0.05) is 32.2 Å². The standard InChI is InChI=1S/C20H26FN3O3/c1-25-19-11-15(10-16(21)12-19)13-23-20(24-14-18-5-3-9-27-18)22-7-6-17-4-2-8-26-17/h2,4,8,10-12,18H,3,5-7,9,13-14H2,1H3,(H2,22,23,24). The van der Waals surface area contributed by atoms with Crippen LogP contribution < -0.4 is 15.4 Å². The van der Waals surface area contributed by atoms with E-state index < -0.39 is 0 Å². The lowest BCUT2D eigenvalue weighted by atomic mass is 10.2. The van der Waals surface area contributed by atoms with E-state index in [2.05, 4.69) is 15.6 Å². The quantitative estimate of drug-likeness (QED) is 0.549. The van der Waals surface area contributed by atoms with Gasteiger partial charge in [-0.25, -0.2) is 9.38 Å². The zero-order valence-corrected chi connectivity index (χ0v) is 15.5. The summed E-state index contributed by atoms with van der Waals surface area (Å²) in [5.41, 5.74) is 0.746. The van der Waals surface area contributed by atoms with Gasteiger partial charge in [-0.05, 0) is 42.7 Å². The van der Waals surface area contributed by atoms with Gasteiger partial charge in [-0.3, -0.25) is 0 Å². The second-order valence-corrected chi connectivity index (χ2v) is 6.44. The number of hydrogen-bond donors (Lipinski definition) is 2. The number of nitrogens with zero attached hydrogens (tertiary/aromatic N) is 1. The molecule has 6 nitrogen and oxygen atoms in total. The van der Waals surface area contributed by atoms with Crippen LogP contribution in [0.5, 0.6) is 5.75 Å². The summed E-state index contributed by atoms with van der Waals surface area (Å²) >= 11 is 0. The van der Waals surface area contributed by atoms with Crippen LogP contribution in [0.3, 0.4) is 0 Å². The number of nitrogens with one attached hydrogen (secondary N) is 2. The molecule has 0 spiro atoms. The van der Waals surface area contributed by atoms with Crippen molar-refractivity contribution >= 4 is 5.96 Å². The van der Waals surface area contributed by atoms with Crippen LogP contribution in [0.15, 0.2) is 46.0 Å². The molecule has 146 valence electrons. The van der Waals surface area contributed by atoms with Crippen molar-refractivity contribution in [3.8, 4) is 5.75 Å². The molecule has 3 rings (SSSR count). The molecule has 1 fully saturated rings. The summed E-state index contributed by atoms with van der Waals surface area (Å²) in [5, 5.41) is 6.61. The Bertz CT molecular complexity index is 728. The van der Waals surface area contributed by atoms with Gasteiger partial charge in [-0.2, -0.15) is 0 Å². The second kappa shape index (κ2) is 9.97. The molecule has 1 aliphatic rings. The molecule has 1 atom stereocenters. The first-order chi connectivity index (χ1) is 13.2. The highest BCUT2D eigenvalue weighted by atomic mass is 19.1. The van der Waals surface area contributed by atoms with Crippen molar-refractivity contribution in [2.24, 2.45) is 4.99 Å². The van der Waals surface area contributed by atoms with E-state index in [1.54, 1.807) is 12.3 Å². The third kappa shape index (κ3) is 6.29. The molecule has 0 saturated carbocycles. The molecule has 1 aromatic carbocycles. The molecule has 2 heterocycles. The van der Waals surface area contributed by atoms with E-state index in [1.807, 2.05) is 12.1 Å². The fourth-order valence-corrected chi connectivity index (χ4v) is 2.95. The maximum atomic E-state index is 13.7. The maximum Gasteiger partial charge on any atom is 0.191 e. The lowest BCUT2D eigenvalue weighted by Crippen LogP contribution is -2.41. The fraction of sp³-hybridized carbons (Fsp3) is 0.450. The molecule has 0 radical (unpaired) electrons. The van der Waals surface area contributed by atoms with Gasteiger partial charge in [-0.1, -0.05) is 0 Å². The molecule has 0 bridgehead atoms. The van der Waals surface area contributed by atoms with E-state index in [0.29, 0.717) is 31.3 Å². The number of ether oxygens (including phenoxy) is 2. The molecule has 0 amide bonds. The van der Waals surface area contributed by atoms with Gasteiger partial charge in [0.25, 0.3) is 0 Å². The Hall–Kier alpha value is -2.54. The Labute approximate surface area is 158 Å². The van der Waals surface area contributed by atoms with Crippen molar-refractivity contribution in [1.29, 1.82) is 0 Å². The topological polar surface area (TPSA) is 68.0 Å². The summed E-state index contributed by atoms with van der Waals surface area (Å²) in [6.45, 7) is 2.53. The van der Waals surface area contributed by atoms with Crippen LogP contribution >= 0.6 is 0 Å². The second-order valence-electron chi connectivity index (χ2n) is 6.44. The van der Waals surface area contributed by atoms with Crippen LogP contribution in [0.2, 0.25) is 0 Å².